The summed E-state index contributed by atoms with van der Waals surface area (Å²) in [7, 11) is 0. The molecule has 0 bridgehead atoms. The van der Waals surface area contributed by atoms with Crippen molar-refractivity contribution in [1.82, 2.24) is 29.7 Å². The largest absolute Gasteiger partial charge is 0.395 e. The molecule has 2 aromatic rings. The summed E-state index contributed by atoms with van der Waals surface area (Å²) >= 11 is 0. The molecule has 2 aromatic heterocycles. The zero-order valence-corrected chi connectivity index (χ0v) is 18.0. The van der Waals surface area contributed by atoms with E-state index in [0.29, 0.717) is 21.7 Å². The molecule has 0 spiro atoms. The second-order valence-corrected chi connectivity index (χ2v) is 7.80. The Hall–Kier alpha value is -3.58. The molecule has 34 heavy (non-hydrogen) atoms. The van der Waals surface area contributed by atoms with Gasteiger partial charge in [0, 0.05) is 77.1 Å². The Bertz CT molecular complexity index is 917. The number of halogens is 4. The molecule has 2 aliphatic rings. The summed E-state index contributed by atoms with van der Waals surface area (Å²) < 4.78 is 58.8. The van der Waals surface area contributed by atoms with Crippen molar-refractivity contribution in [3.05, 3.63) is 36.9 Å². The maximum absolute atomic E-state index is 14.7. The summed E-state index contributed by atoms with van der Waals surface area (Å²) in [4.78, 5) is 45.5. The zero-order valence-electron chi connectivity index (χ0n) is 18.0. The van der Waals surface area contributed by atoms with Gasteiger partial charge >= 0.3 is 11.8 Å². The van der Waals surface area contributed by atoms with Crippen molar-refractivity contribution < 1.29 is 27.2 Å². The highest BCUT2D eigenvalue weighted by Crippen LogP contribution is 2.38. The van der Waals surface area contributed by atoms with Crippen LogP contribution in [0.2, 0.25) is 0 Å². The summed E-state index contributed by atoms with van der Waals surface area (Å²) in [5.41, 5.74) is 0. The number of amides is 2. The Balaban J connectivity index is 1.37. The normalized spacial score (nSPS) is 17.6. The van der Waals surface area contributed by atoms with Crippen LogP contribution in [0.5, 0.6) is 0 Å². The van der Waals surface area contributed by atoms with E-state index in [1.165, 1.54) is 24.8 Å². The molecule has 2 aliphatic heterocycles. The van der Waals surface area contributed by atoms with Crippen LogP contribution in [-0.4, -0.2) is 106 Å². The fourth-order valence-electron chi connectivity index (χ4n) is 3.79. The SMILES string of the molecule is O=C(N1CCN(c2ncccn2)CC1)C(F)(F)C(F)(F)C(=O)N1CCN(c2ncccn2)CC1. The highest BCUT2D eigenvalue weighted by atomic mass is 19.3. The van der Waals surface area contributed by atoms with Crippen molar-refractivity contribution in [3.63, 3.8) is 0 Å². The molecule has 0 unspecified atom stereocenters. The van der Waals surface area contributed by atoms with Crippen LogP contribution in [0.25, 0.3) is 0 Å². The van der Waals surface area contributed by atoms with Crippen LogP contribution in [0.3, 0.4) is 0 Å². The maximum Gasteiger partial charge on any atom is 0.395 e. The monoisotopic (exact) mass is 482 g/mol. The van der Waals surface area contributed by atoms with Crippen LogP contribution in [0.1, 0.15) is 0 Å². The van der Waals surface area contributed by atoms with E-state index >= 15 is 0 Å². The molecule has 0 radical (unpaired) electrons. The van der Waals surface area contributed by atoms with Crippen molar-refractivity contribution in [3.8, 4) is 0 Å². The molecular formula is C20H22F4N8O2. The average molecular weight is 482 g/mol. The third kappa shape index (κ3) is 4.43. The van der Waals surface area contributed by atoms with Crippen molar-refractivity contribution in [2.75, 3.05) is 62.2 Å². The molecule has 4 heterocycles. The van der Waals surface area contributed by atoms with Crippen LogP contribution in [0.4, 0.5) is 29.5 Å². The second kappa shape index (κ2) is 9.35. The molecular weight excluding hydrogens is 460 g/mol. The van der Waals surface area contributed by atoms with Gasteiger partial charge in [-0.15, -0.1) is 0 Å². The van der Waals surface area contributed by atoms with Gasteiger partial charge < -0.3 is 19.6 Å². The van der Waals surface area contributed by atoms with E-state index in [4.69, 9.17) is 0 Å². The first-order valence-corrected chi connectivity index (χ1v) is 10.6. The third-order valence-corrected chi connectivity index (χ3v) is 5.74. The fraction of sp³-hybridized carbons (Fsp3) is 0.500. The summed E-state index contributed by atoms with van der Waals surface area (Å²) in [6.45, 7) is -0.549. The lowest BCUT2D eigenvalue weighted by Crippen LogP contribution is -2.64. The van der Waals surface area contributed by atoms with Crippen LogP contribution in [0.15, 0.2) is 36.9 Å². The minimum atomic E-state index is -5.19. The lowest BCUT2D eigenvalue weighted by atomic mass is 10.1. The Kier molecular flexibility index (Phi) is 6.48. The van der Waals surface area contributed by atoms with Crippen molar-refractivity contribution >= 4 is 23.7 Å². The van der Waals surface area contributed by atoms with E-state index in [0.717, 1.165) is 0 Å². The predicted octanol–water partition coefficient (Wildman–Crippen LogP) is 0.535. The van der Waals surface area contributed by atoms with Gasteiger partial charge in [-0.3, -0.25) is 9.59 Å². The Labute approximate surface area is 192 Å². The Morgan fingerprint density at radius 2 is 0.882 bits per heavy atom. The number of rotatable bonds is 5. The number of alkyl halides is 4. The number of nitrogens with zero attached hydrogens (tertiary/aromatic N) is 8. The highest BCUT2D eigenvalue weighted by molar-refractivity contribution is 5.95. The van der Waals surface area contributed by atoms with E-state index in [-0.39, 0.29) is 52.4 Å². The summed E-state index contributed by atoms with van der Waals surface area (Å²) in [6, 6.07) is 3.22. The first-order valence-electron chi connectivity index (χ1n) is 10.6. The van der Waals surface area contributed by atoms with Crippen molar-refractivity contribution in [1.29, 1.82) is 0 Å². The van der Waals surface area contributed by atoms with E-state index in [1.54, 1.807) is 21.9 Å². The Morgan fingerprint density at radius 1 is 0.588 bits per heavy atom. The van der Waals surface area contributed by atoms with Crippen molar-refractivity contribution in [2.45, 2.75) is 11.8 Å². The first-order chi connectivity index (χ1) is 16.2. The standard InChI is InChI=1S/C20H22F4N8O2/c21-19(22,15(33)29-7-11-31(12-8-29)17-25-3-1-4-26-17)20(23,24)16(34)30-9-13-32(14-10-30)18-27-5-2-6-28-18/h1-6H,7-14H2. The Morgan fingerprint density at radius 3 is 1.18 bits per heavy atom. The molecule has 182 valence electrons. The number of hydrogen-bond donors (Lipinski definition) is 0. The van der Waals surface area contributed by atoms with Crippen LogP contribution in [-0.2, 0) is 9.59 Å². The van der Waals surface area contributed by atoms with Gasteiger partial charge in [-0.25, -0.2) is 19.9 Å². The van der Waals surface area contributed by atoms with Gasteiger partial charge in [0.25, 0.3) is 11.8 Å². The second-order valence-electron chi connectivity index (χ2n) is 7.80. The number of aromatic nitrogens is 4. The smallest absolute Gasteiger partial charge is 0.337 e. The summed E-state index contributed by atoms with van der Waals surface area (Å²) in [5.74, 6) is -13.8. The van der Waals surface area contributed by atoms with Gasteiger partial charge in [0.15, 0.2) is 0 Å². The molecule has 4 rings (SSSR count). The molecule has 0 atom stereocenters. The number of carbonyl (C=O) groups excluding carboxylic acids is 2. The molecule has 2 fully saturated rings. The number of piperazine rings is 2. The molecule has 14 heteroatoms. The number of hydrogen-bond acceptors (Lipinski definition) is 8. The first kappa shape index (κ1) is 23.6. The molecule has 0 saturated carbocycles. The molecule has 0 aromatic carbocycles. The summed E-state index contributed by atoms with van der Waals surface area (Å²) in [5, 5.41) is 0. The lowest BCUT2D eigenvalue weighted by Gasteiger charge is -2.39. The van der Waals surface area contributed by atoms with Gasteiger partial charge in [0.1, 0.15) is 0 Å². The molecule has 2 amide bonds. The van der Waals surface area contributed by atoms with Gasteiger partial charge in [-0.1, -0.05) is 0 Å². The van der Waals surface area contributed by atoms with E-state index in [2.05, 4.69) is 19.9 Å². The van der Waals surface area contributed by atoms with Gasteiger partial charge in [-0.05, 0) is 12.1 Å². The minimum Gasteiger partial charge on any atom is -0.337 e. The van der Waals surface area contributed by atoms with E-state index in [9.17, 15) is 27.2 Å². The van der Waals surface area contributed by atoms with Gasteiger partial charge in [0.05, 0.1) is 0 Å². The van der Waals surface area contributed by atoms with E-state index in [1.807, 2.05) is 0 Å². The fourth-order valence-corrected chi connectivity index (χ4v) is 3.79. The average Bonchev–Trinajstić information content (AvgIpc) is 2.89. The molecule has 2 saturated heterocycles. The van der Waals surface area contributed by atoms with Crippen molar-refractivity contribution in [2.24, 2.45) is 0 Å². The maximum atomic E-state index is 14.7. The number of carbonyl (C=O) groups is 2. The van der Waals surface area contributed by atoms with Crippen LogP contribution < -0.4 is 9.80 Å². The van der Waals surface area contributed by atoms with E-state index < -0.39 is 23.7 Å². The lowest BCUT2D eigenvalue weighted by molar-refractivity contribution is -0.223. The van der Waals surface area contributed by atoms with Gasteiger partial charge in [-0.2, -0.15) is 17.6 Å². The molecule has 0 aliphatic carbocycles. The molecule has 0 N–H and O–H groups in total. The topological polar surface area (TPSA) is 98.7 Å². The quantitative estimate of drug-likeness (QED) is 0.570. The predicted molar refractivity (Wildman–Crippen MR) is 112 cm³/mol. The van der Waals surface area contributed by atoms with Crippen LogP contribution >= 0.6 is 0 Å². The molecule has 10 nitrogen and oxygen atoms in total. The zero-order chi connectivity index (χ0) is 24.3. The van der Waals surface area contributed by atoms with Gasteiger partial charge in [0.2, 0.25) is 11.9 Å². The third-order valence-electron chi connectivity index (χ3n) is 5.74. The minimum absolute atomic E-state index is 0.0921. The van der Waals surface area contributed by atoms with Crippen LogP contribution in [0, 0.1) is 0 Å². The summed E-state index contributed by atoms with van der Waals surface area (Å²) in [6.07, 6.45) is 6.03. The number of anilines is 2. The highest BCUT2D eigenvalue weighted by Gasteiger charge is 2.68.